The second-order valence-electron chi connectivity index (χ2n) is 4.34. The predicted molar refractivity (Wildman–Crippen MR) is 61.1 cm³/mol. The number of likely N-dealkylation sites (tertiary alicyclic amines) is 1. The van der Waals surface area contributed by atoms with Gasteiger partial charge in [0.2, 0.25) is 0 Å². The van der Waals surface area contributed by atoms with Crippen LogP contribution in [-0.4, -0.2) is 42.9 Å². The predicted octanol–water partition coefficient (Wildman–Crippen LogP) is 1.38. The molecular weight excluding hydrogens is 206 g/mol. The molecule has 4 heteroatoms. The minimum atomic E-state index is -0.170. The molecule has 0 saturated carbocycles. The molecule has 0 amide bonds. The van der Waals surface area contributed by atoms with Gasteiger partial charge in [-0.25, -0.2) is 0 Å². The smallest absolute Gasteiger partial charge is 0.305 e. The molecule has 0 spiro atoms. The first-order chi connectivity index (χ1) is 7.65. The Morgan fingerprint density at radius 3 is 2.75 bits per heavy atom. The van der Waals surface area contributed by atoms with E-state index in [1.165, 1.54) is 7.11 Å². The van der Waals surface area contributed by atoms with Gasteiger partial charge < -0.3 is 4.74 Å². The van der Waals surface area contributed by atoms with E-state index in [1.54, 1.807) is 6.92 Å². The number of esters is 1. The quantitative estimate of drug-likeness (QED) is 0.666. The van der Waals surface area contributed by atoms with E-state index in [0.717, 1.165) is 38.8 Å². The van der Waals surface area contributed by atoms with Crippen LogP contribution in [-0.2, 0) is 14.3 Å². The highest BCUT2D eigenvalue weighted by Crippen LogP contribution is 2.18. The third-order valence-corrected chi connectivity index (χ3v) is 3.14. The number of carbonyl (C=O) groups is 2. The van der Waals surface area contributed by atoms with E-state index < -0.39 is 0 Å². The fourth-order valence-corrected chi connectivity index (χ4v) is 2.25. The summed E-state index contributed by atoms with van der Waals surface area (Å²) < 4.78 is 4.59. The molecule has 16 heavy (non-hydrogen) atoms. The first-order valence-electron chi connectivity index (χ1n) is 5.96. The molecule has 0 radical (unpaired) electrons. The highest BCUT2D eigenvalue weighted by Gasteiger charge is 2.25. The molecule has 1 aliphatic heterocycles. The fraction of sp³-hybridized carbons (Fsp3) is 0.833. The molecule has 4 nitrogen and oxygen atoms in total. The van der Waals surface area contributed by atoms with Crippen LogP contribution in [0.15, 0.2) is 0 Å². The van der Waals surface area contributed by atoms with E-state index in [-0.39, 0.29) is 17.8 Å². The average Bonchev–Trinajstić information content (AvgIpc) is 2.29. The van der Waals surface area contributed by atoms with Crippen molar-refractivity contribution in [2.75, 3.05) is 20.2 Å². The average molecular weight is 227 g/mol. The number of hydrogen-bond acceptors (Lipinski definition) is 4. The van der Waals surface area contributed by atoms with Gasteiger partial charge in [0.15, 0.2) is 0 Å². The van der Waals surface area contributed by atoms with Crippen LogP contribution < -0.4 is 0 Å². The number of piperidine rings is 1. The van der Waals surface area contributed by atoms with Gasteiger partial charge in [0, 0.05) is 6.42 Å². The van der Waals surface area contributed by atoms with E-state index in [4.69, 9.17) is 0 Å². The largest absolute Gasteiger partial charge is 0.469 e. The van der Waals surface area contributed by atoms with Gasteiger partial charge in [0.25, 0.3) is 0 Å². The van der Waals surface area contributed by atoms with E-state index in [1.807, 2.05) is 0 Å². The molecule has 1 saturated heterocycles. The van der Waals surface area contributed by atoms with Crippen LogP contribution in [0.5, 0.6) is 0 Å². The summed E-state index contributed by atoms with van der Waals surface area (Å²) in [4.78, 5) is 24.6. The summed E-state index contributed by atoms with van der Waals surface area (Å²) in [6.07, 6.45) is 4.47. The molecular formula is C12H21NO3. The van der Waals surface area contributed by atoms with Crippen molar-refractivity contribution < 1.29 is 14.3 Å². The Labute approximate surface area is 96.9 Å². The van der Waals surface area contributed by atoms with Gasteiger partial charge in [0.05, 0.1) is 13.2 Å². The molecule has 0 aliphatic carbocycles. The number of hydrogen-bond donors (Lipinski definition) is 0. The summed E-state index contributed by atoms with van der Waals surface area (Å²) in [5.41, 5.74) is 0. The Balaban J connectivity index is 2.32. The number of carbonyl (C=O) groups excluding carboxylic acids is 2. The lowest BCUT2D eigenvalue weighted by molar-refractivity contribution is -0.140. The number of Topliss-reactive ketones (excluding diaryl/α,β-unsaturated/α-hetero) is 1. The van der Waals surface area contributed by atoms with Gasteiger partial charge in [-0.05, 0) is 39.3 Å². The Morgan fingerprint density at radius 1 is 1.38 bits per heavy atom. The van der Waals surface area contributed by atoms with Crippen LogP contribution in [0, 0.1) is 0 Å². The summed E-state index contributed by atoms with van der Waals surface area (Å²) in [5, 5.41) is 0. The third-order valence-electron chi connectivity index (χ3n) is 3.14. The maximum Gasteiger partial charge on any atom is 0.305 e. The van der Waals surface area contributed by atoms with Crippen molar-refractivity contribution in [1.82, 2.24) is 4.90 Å². The Kier molecular flexibility index (Phi) is 5.46. The van der Waals surface area contributed by atoms with Gasteiger partial charge in [-0.1, -0.05) is 6.42 Å². The number of nitrogens with zero attached hydrogens (tertiary/aromatic N) is 1. The first kappa shape index (κ1) is 13.2. The molecule has 1 fully saturated rings. The van der Waals surface area contributed by atoms with Crippen molar-refractivity contribution in [2.45, 2.75) is 45.1 Å². The summed E-state index contributed by atoms with van der Waals surface area (Å²) in [6.45, 7) is 3.45. The van der Waals surface area contributed by atoms with Crippen LogP contribution >= 0.6 is 0 Å². The van der Waals surface area contributed by atoms with Crippen LogP contribution in [0.3, 0.4) is 0 Å². The second kappa shape index (κ2) is 6.63. The molecule has 1 rings (SSSR count). The number of ether oxygens (including phenoxy) is 1. The van der Waals surface area contributed by atoms with Crippen molar-refractivity contribution in [2.24, 2.45) is 0 Å². The van der Waals surface area contributed by atoms with Gasteiger partial charge in [-0.3, -0.25) is 14.5 Å². The molecule has 1 unspecified atom stereocenters. The Hall–Kier alpha value is -0.900. The van der Waals surface area contributed by atoms with Crippen molar-refractivity contribution in [1.29, 1.82) is 0 Å². The molecule has 1 atom stereocenters. The summed E-state index contributed by atoms with van der Waals surface area (Å²) in [5.74, 6) is 0.0779. The minimum Gasteiger partial charge on any atom is -0.469 e. The molecule has 0 aromatic heterocycles. The summed E-state index contributed by atoms with van der Waals surface area (Å²) >= 11 is 0. The lowest BCUT2D eigenvalue weighted by Crippen LogP contribution is -2.44. The van der Waals surface area contributed by atoms with E-state index in [9.17, 15) is 9.59 Å². The van der Waals surface area contributed by atoms with Crippen molar-refractivity contribution in [3.63, 3.8) is 0 Å². The normalized spacial score (nSPS) is 21.8. The molecule has 0 bridgehead atoms. The van der Waals surface area contributed by atoms with Gasteiger partial charge in [-0.15, -0.1) is 0 Å². The molecule has 0 aromatic carbocycles. The highest BCUT2D eigenvalue weighted by molar-refractivity contribution is 5.81. The molecule has 0 N–H and O–H groups in total. The molecule has 1 aliphatic rings. The first-order valence-corrected chi connectivity index (χ1v) is 5.96. The topological polar surface area (TPSA) is 46.6 Å². The van der Waals surface area contributed by atoms with Gasteiger partial charge in [0.1, 0.15) is 5.78 Å². The number of ketones is 1. The number of rotatable bonds is 5. The number of methoxy groups -OCH3 is 1. The van der Waals surface area contributed by atoms with Crippen molar-refractivity contribution in [3.8, 4) is 0 Å². The fourth-order valence-electron chi connectivity index (χ4n) is 2.25. The zero-order valence-electron chi connectivity index (χ0n) is 10.2. The van der Waals surface area contributed by atoms with E-state index >= 15 is 0 Å². The Morgan fingerprint density at radius 2 is 2.12 bits per heavy atom. The second-order valence-corrected chi connectivity index (χ2v) is 4.34. The highest BCUT2D eigenvalue weighted by atomic mass is 16.5. The van der Waals surface area contributed by atoms with E-state index in [2.05, 4.69) is 9.64 Å². The van der Waals surface area contributed by atoms with Crippen LogP contribution in [0.1, 0.15) is 39.0 Å². The van der Waals surface area contributed by atoms with Gasteiger partial charge in [-0.2, -0.15) is 0 Å². The van der Waals surface area contributed by atoms with Crippen LogP contribution in [0.2, 0.25) is 0 Å². The lowest BCUT2D eigenvalue weighted by Gasteiger charge is -2.33. The zero-order valence-corrected chi connectivity index (χ0v) is 10.2. The Bertz CT molecular complexity index is 253. The lowest BCUT2D eigenvalue weighted by atomic mass is 9.99. The zero-order chi connectivity index (χ0) is 12.0. The van der Waals surface area contributed by atoms with E-state index in [0.29, 0.717) is 6.42 Å². The molecule has 0 aromatic rings. The van der Waals surface area contributed by atoms with Gasteiger partial charge >= 0.3 is 5.97 Å². The van der Waals surface area contributed by atoms with Crippen molar-refractivity contribution >= 4 is 11.8 Å². The molecule has 92 valence electrons. The maximum absolute atomic E-state index is 11.4. The summed E-state index contributed by atoms with van der Waals surface area (Å²) in [6, 6.07) is 0.0754. The minimum absolute atomic E-state index is 0.0754. The van der Waals surface area contributed by atoms with Crippen molar-refractivity contribution in [3.05, 3.63) is 0 Å². The molecule has 1 heterocycles. The monoisotopic (exact) mass is 227 g/mol. The standard InChI is InChI=1S/C12H21NO3/c1-10(14)11-6-3-4-8-13(11)9-5-7-12(15)16-2/h11H,3-9H2,1-2H3. The SMILES string of the molecule is COC(=O)CCCN1CCCCC1C(C)=O. The summed E-state index contributed by atoms with van der Waals surface area (Å²) in [7, 11) is 1.40. The van der Waals surface area contributed by atoms with Crippen LogP contribution in [0.4, 0.5) is 0 Å². The third kappa shape index (κ3) is 3.93. The maximum atomic E-state index is 11.4. The van der Waals surface area contributed by atoms with Crippen LogP contribution in [0.25, 0.3) is 0 Å².